The van der Waals surface area contributed by atoms with Gasteiger partial charge in [0.15, 0.2) is 5.96 Å². The van der Waals surface area contributed by atoms with E-state index in [4.69, 9.17) is 9.73 Å². The van der Waals surface area contributed by atoms with Crippen LogP contribution in [0.3, 0.4) is 0 Å². The first kappa shape index (κ1) is 21.6. The second kappa shape index (κ2) is 10.6. The number of benzene rings is 1. The number of guanidine groups is 1. The third kappa shape index (κ3) is 7.16. The van der Waals surface area contributed by atoms with Gasteiger partial charge in [-0.2, -0.15) is 11.8 Å². The van der Waals surface area contributed by atoms with Crippen LogP contribution >= 0.6 is 11.8 Å². The molecule has 0 aliphatic carbocycles. The van der Waals surface area contributed by atoms with Gasteiger partial charge in [-0.3, -0.25) is 4.99 Å². The summed E-state index contributed by atoms with van der Waals surface area (Å²) >= 11 is 1.83. The summed E-state index contributed by atoms with van der Waals surface area (Å²) in [6, 6.07) is 8.36. The molecule has 0 saturated heterocycles. The molecule has 6 heteroatoms. The average Bonchev–Trinajstić information content (AvgIpc) is 2.59. The Hall–Kier alpha value is -1.40. The van der Waals surface area contributed by atoms with Crippen LogP contribution in [0.2, 0.25) is 0 Å². The predicted octanol–water partition coefficient (Wildman–Crippen LogP) is 2.99. The van der Waals surface area contributed by atoms with Crippen LogP contribution < -0.4 is 15.4 Å². The SMILES string of the molecule is CCNC(=NCC(C)(C)SC)NCC(c1ccccc1OC)N(C)C. The topological polar surface area (TPSA) is 48.9 Å². The highest BCUT2D eigenvalue weighted by molar-refractivity contribution is 7.99. The minimum atomic E-state index is 0.131. The number of aliphatic imine (C=N–C) groups is 1. The smallest absolute Gasteiger partial charge is 0.191 e. The zero-order valence-electron chi connectivity index (χ0n) is 16.7. The van der Waals surface area contributed by atoms with Crippen molar-refractivity contribution in [1.82, 2.24) is 15.5 Å². The maximum absolute atomic E-state index is 5.53. The normalized spacial score (nSPS) is 13.7. The number of rotatable bonds is 9. The maximum Gasteiger partial charge on any atom is 0.191 e. The Bertz CT molecular complexity index is 546. The van der Waals surface area contributed by atoms with E-state index in [1.165, 1.54) is 5.56 Å². The molecule has 0 aromatic heterocycles. The predicted molar refractivity (Wildman–Crippen MR) is 111 cm³/mol. The summed E-state index contributed by atoms with van der Waals surface area (Å²) < 4.78 is 5.67. The van der Waals surface area contributed by atoms with Gasteiger partial charge in [-0.25, -0.2) is 0 Å². The van der Waals surface area contributed by atoms with Gasteiger partial charge in [0.25, 0.3) is 0 Å². The molecule has 0 heterocycles. The van der Waals surface area contributed by atoms with E-state index in [-0.39, 0.29) is 10.8 Å². The summed E-state index contributed by atoms with van der Waals surface area (Å²) in [5.74, 6) is 1.76. The third-order valence-electron chi connectivity index (χ3n) is 4.10. The molecule has 0 radical (unpaired) electrons. The lowest BCUT2D eigenvalue weighted by Crippen LogP contribution is -2.42. The quantitative estimate of drug-likeness (QED) is 0.520. The van der Waals surface area contributed by atoms with Crippen molar-refractivity contribution in [3.05, 3.63) is 29.8 Å². The van der Waals surface area contributed by atoms with Gasteiger partial charge in [0.2, 0.25) is 0 Å². The first-order chi connectivity index (χ1) is 11.8. The molecular weight excluding hydrogens is 332 g/mol. The first-order valence-electron chi connectivity index (χ1n) is 8.71. The molecule has 1 aromatic carbocycles. The van der Waals surface area contributed by atoms with Crippen LogP contribution in [-0.2, 0) is 0 Å². The van der Waals surface area contributed by atoms with Gasteiger partial charge in [-0.1, -0.05) is 18.2 Å². The highest BCUT2D eigenvalue weighted by atomic mass is 32.2. The molecule has 0 bridgehead atoms. The van der Waals surface area contributed by atoms with E-state index >= 15 is 0 Å². The number of ether oxygens (including phenoxy) is 1. The highest BCUT2D eigenvalue weighted by Gasteiger charge is 2.19. The fourth-order valence-corrected chi connectivity index (χ4v) is 2.58. The molecule has 0 aliphatic rings. The molecule has 5 nitrogen and oxygen atoms in total. The van der Waals surface area contributed by atoms with E-state index < -0.39 is 0 Å². The number of hydrogen-bond donors (Lipinski definition) is 2. The van der Waals surface area contributed by atoms with Crippen molar-refractivity contribution in [1.29, 1.82) is 0 Å². The summed E-state index contributed by atoms with van der Waals surface area (Å²) in [5.41, 5.74) is 1.17. The zero-order chi connectivity index (χ0) is 18.9. The van der Waals surface area contributed by atoms with Crippen LogP contribution in [0.5, 0.6) is 5.75 Å². The van der Waals surface area contributed by atoms with Crippen molar-refractivity contribution in [2.45, 2.75) is 31.6 Å². The minimum absolute atomic E-state index is 0.131. The van der Waals surface area contributed by atoms with Crippen LogP contribution in [0.1, 0.15) is 32.4 Å². The van der Waals surface area contributed by atoms with E-state index in [1.807, 2.05) is 23.9 Å². The second-order valence-corrected chi connectivity index (χ2v) is 8.27. The van der Waals surface area contributed by atoms with E-state index in [0.717, 1.165) is 31.3 Å². The lowest BCUT2D eigenvalue weighted by Gasteiger charge is -2.27. The number of hydrogen-bond acceptors (Lipinski definition) is 4. The molecule has 1 aromatic rings. The van der Waals surface area contributed by atoms with E-state index in [1.54, 1.807) is 7.11 Å². The first-order valence-corrected chi connectivity index (χ1v) is 9.93. The molecule has 1 atom stereocenters. The average molecular weight is 367 g/mol. The fraction of sp³-hybridized carbons (Fsp3) is 0.632. The molecule has 0 aliphatic heterocycles. The lowest BCUT2D eigenvalue weighted by molar-refractivity contribution is 0.287. The Morgan fingerprint density at radius 1 is 1.28 bits per heavy atom. The monoisotopic (exact) mass is 366 g/mol. The molecule has 2 N–H and O–H groups in total. The zero-order valence-corrected chi connectivity index (χ0v) is 17.5. The van der Waals surface area contributed by atoms with Crippen molar-refractivity contribution in [2.24, 2.45) is 4.99 Å². The molecule has 0 spiro atoms. The summed E-state index contributed by atoms with van der Waals surface area (Å²) in [4.78, 5) is 6.94. The number of thioether (sulfide) groups is 1. The molecule has 142 valence electrons. The van der Waals surface area contributed by atoms with Gasteiger partial charge in [-0.15, -0.1) is 0 Å². The maximum atomic E-state index is 5.53. The molecule has 1 unspecified atom stereocenters. The highest BCUT2D eigenvalue weighted by Crippen LogP contribution is 2.27. The van der Waals surface area contributed by atoms with Crippen LogP contribution in [0.15, 0.2) is 29.3 Å². The van der Waals surface area contributed by atoms with Gasteiger partial charge in [0.05, 0.1) is 19.7 Å². The Kier molecular flexibility index (Phi) is 9.14. The Balaban J connectivity index is 2.88. The van der Waals surface area contributed by atoms with E-state index in [0.29, 0.717) is 0 Å². The van der Waals surface area contributed by atoms with Gasteiger partial charge < -0.3 is 20.3 Å². The van der Waals surface area contributed by atoms with E-state index in [2.05, 4.69) is 68.8 Å². The van der Waals surface area contributed by atoms with Crippen molar-refractivity contribution in [3.8, 4) is 5.75 Å². The van der Waals surface area contributed by atoms with Gasteiger partial charge in [0, 0.05) is 23.4 Å². The van der Waals surface area contributed by atoms with Crippen molar-refractivity contribution in [3.63, 3.8) is 0 Å². The lowest BCUT2D eigenvalue weighted by atomic mass is 10.0. The number of likely N-dealkylation sites (N-methyl/N-ethyl adjacent to an activating group) is 1. The Labute approximate surface area is 157 Å². The number of para-hydroxylation sites is 1. The number of methoxy groups -OCH3 is 1. The molecule has 0 amide bonds. The van der Waals surface area contributed by atoms with Gasteiger partial charge in [0.1, 0.15) is 5.75 Å². The molecule has 25 heavy (non-hydrogen) atoms. The number of nitrogens with zero attached hydrogens (tertiary/aromatic N) is 2. The summed E-state index contributed by atoms with van der Waals surface area (Å²) in [5, 5.41) is 6.81. The Morgan fingerprint density at radius 2 is 1.96 bits per heavy atom. The standard InChI is InChI=1S/C19H34N4OS/c1-8-20-18(22-14-19(2,3)25-7)21-13-16(23(4)5)15-11-9-10-12-17(15)24-6/h9-12,16H,8,13-14H2,1-7H3,(H2,20,21,22). The largest absolute Gasteiger partial charge is 0.496 e. The van der Waals surface area contributed by atoms with Crippen LogP contribution in [-0.4, -0.2) is 62.7 Å². The molecule has 0 saturated carbocycles. The summed E-state index contributed by atoms with van der Waals surface area (Å²) in [6.07, 6.45) is 2.12. The van der Waals surface area contributed by atoms with Crippen LogP contribution in [0, 0.1) is 0 Å². The van der Waals surface area contributed by atoms with Crippen molar-refractivity contribution < 1.29 is 4.74 Å². The molecular formula is C19H34N4OS. The van der Waals surface area contributed by atoms with Crippen LogP contribution in [0.4, 0.5) is 0 Å². The Morgan fingerprint density at radius 3 is 2.52 bits per heavy atom. The van der Waals surface area contributed by atoms with E-state index in [9.17, 15) is 0 Å². The second-order valence-electron chi connectivity index (χ2n) is 6.76. The van der Waals surface area contributed by atoms with Crippen LogP contribution in [0.25, 0.3) is 0 Å². The molecule has 1 rings (SSSR count). The van der Waals surface area contributed by atoms with Gasteiger partial charge >= 0.3 is 0 Å². The molecule has 0 fully saturated rings. The summed E-state index contributed by atoms with van der Waals surface area (Å²) in [6.45, 7) is 8.86. The van der Waals surface area contributed by atoms with Crippen molar-refractivity contribution >= 4 is 17.7 Å². The summed E-state index contributed by atoms with van der Waals surface area (Å²) in [7, 11) is 5.88. The third-order valence-corrected chi connectivity index (χ3v) is 5.33. The minimum Gasteiger partial charge on any atom is -0.496 e. The number of nitrogens with one attached hydrogen (secondary N) is 2. The van der Waals surface area contributed by atoms with Crippen molar-refractivity contribution in [2.75, 3.05) is 47.1 Å². The fourth-order valence-electron chi connectivity index (χ4n) is 2.38. The van der Waals surface area contributed by atoms with Gasteiger partial charge in [-0.05, 0) is 47.2 Å².